The van der Waals surface area contributed by atoms with E-state index in [1.807, 2.05) is 0 Å². The maximum Gasteiger partial charge on any atom is 0.150 e. The second kappa shape index (κ2) is 4.10. The van der Waals surface area contributed by atoms with Crippen LogP contribution in [-0.2, 0) is 16.3 Å². The number of nitrogens with two attached hydrogens (primary N) is 1. The molecule has 1 fully saturated rings. The summed E-state index contributed by atoms with van der Waals surface area (Å²) in [6.45, 7) is 0.462. The average molecular weight is 245 g/mol. The summed E-state index contributed by atoms with van der Waals surface area (Å²) in [5.74, 6) is 1.10. The molecule has 0 amide bonds. The zero-order valence-corrected chi connectivity index (χ0v) is 9.70. The molecule has 7 nitrogen and oxygen atoms in total. The van der Waals surface area contributed by atoms with Crippen molar-refractivity contribution in [2.45, 2.75) is 19.3 Å². The number of nitrogens with one attached hydrogen (secondary N) is 1. The first kappa shape index (κ1) is 11.5. The molecule has 1 aliphatic heterocycles. The standard InChI is InChI=1S/C8H15N5O2S/c9-6-8(5-7-10-12-13-11-7)1-3-16(14,15)4-2-8/h1-6,9H2,(H,10,11,12,13). The van der Waals surface area contributed by atoms with E-state index in [1.165, 1.54) is 0 Å². The van der Waals surface area contributed by atoms with E-state index < -0.39 is 9.84 Å². The fourth-order valence-electron chi connectivity index (χ4n) is 2.03. The molecule has 0 saturated carbocycles. The molecule has 90 valence electrons. The molecule has 0 atom stereocenters. The van der Waals surface area contributed by atoms with Crippen molar-refractivity contribution in [1.29, 1.82) is 0 Å². The summed E-state index contributed by atoms with van der Waals surface area (Å²) in [7, 11) is -2.86. The van der Waals surface area contributed by atoms with Crippen LogP contribution in [0.25, 0.3) is 0 Å². The van der Waals surface area contributed by atoms with Crippen LogP contribution in [0.2, 0.25) is 0 Å². The first-order chi connectivity index (χ1) is 7.55. The number of nitrogens with zero attached hydrogens (tertiary/aromatic N) is 3. The average Bonchev–Trinajstić information content (AvgIpc) is 2.74. The van der Waals surface area contributed by atoms with Gasteiger partial charge in [-0.25, -0.2) is 13.5 Å². The van der Waals surface area contributed by atoms with Crippen molar-refractivity contribution in [2.24, 2.45) is 11.1 Å². The molecule has 1 aromatic heterocycles. The Morgan fingerprint density at radius 1 is 1.38 bits per heavy atom. The number of tetrazole rings is 1. The topological polar surface area (TPSA) is 115 Å². The van der Waals surface area contributed by atoms with Crippen molar-refractivity contribution in [3.63, 3.8) is 0 Å². The minimum absolute atomic E-state index is 0.174. The number of sulfone groups is 1. The molecule has 0 radical (unpaired) electrons. The zero-order valence-electron chi connectivity index (χ0n) is 8.89. The van der Waals surface area contributed by atoms with Gasteiger partial charge >= 0.3 is 0 Å². The zero-order chi connectivity index (χ0) is 11.6. The Balaban J connectivity index is 2.10. The number of H-pyrrole nitrogens is 1. The summed E-state index contributed by atoms with van der Waals surface area (Å²) >= 11 is 0. The van der Waals surface area contributed by atoms with Gasteiger partial charge in [0, 0.05) is 6.42 Å². The molecule has 0 spiro atoms. The van der Waals surface area contributed by atoms with Crippen LogP contribution >= 0.6 is 0 Å². The molecule has 2 heterocycles. The third kappa shape index (κ3) is 2.38. The van der Waals surface area contributed by atoms with Crippen molar-refractivity contribution in [3.8, 4) is 0 Å². The lowest BCUT2D eigenvalue weighted by Crippen LogP contribution is -2.41. The summed E-state index contributed by atoms with van der Waals surface area (Å²) in [5.41, 5.74) is 5.59. The Morgan fingerprint density at radius 2 is 2.06 bits per heavy atom. The Hall–Kier alpha value is -1.02. The van der Waals surface area contributed by atoms with E-state index in [0.717, 1.165) is 0 Å². The summed E-state index contributed by atoms with van der Waals surface area (Å²) in [5, 5.41) is 13.5. The summed E-state index contributed by atoms with van der Waals surface area (Å²) < 4.78 is 22.7. The highest BCUT2D eigenvalue weighted by molar-refractivity contribution is 7.91. The Bertz CT molecular complexity index is 427. The summed E-state index contributed by atoms with van der Waals surface area (Å²) in [6.07, 6.45) is 1.80. The predicted octanol–water partition coefficient (Wildman–Crippen LogP) is -1.10. The highest BCUT2D eigenvalue weighted by Gasteiger charge is 2.37. The first-order valence-corrected chi connectivity index (χ1v) is 7.01. The lowest BCUT2D eigenvalue weighted by Gasteiger charge is -2.35. The molecule has 16 heavy (non-hydrogen) atoms. The van der Waals surface area contributed by atoms with E-state index in [9.17, 15) is 8.42 Å². The van der Waals surface area contributed by atoms with Crippen LogP contribution in [0.1, 0.15) is 18.7 Å². The van der Waals surface area contributed by atoms with Gasteiger partial charge in [-0.15, -0.1) is 5.10 Å². The maximum atomic E-state index is 11.4. The number of hydrogen-bond donors (Lipinski definition) is 2. The van der Waals surface area contributed by atoms with Crippen molar-refractivity contribution in [3.05, 3.63) is 5.82 Å². The van der Waals surface area contributed by atoms with Gasteiger partial charge in [-0.2, -0.15) is 0 Å². The monoisotopic (exact) mass is 245 g/mol. The first-order valence-electron chi connectivity index (χ1n) is 5.18. The van der Waals surface area contributed by atoms with Gasteiger partial charge in [-0.05, 0) is 35.2 Å². The lowest BCUT2D eigenvalue weighted by atomic mass is 9.79. The van der Waals surface area contributed by atoms with Crippen LogP contribution in [0.15, 0.2) is 0 Å². The quantitative estimate of drug-likeness (QED) is 0.698. The second-order valence-electron chi connectivity index (χ2n) is 4.38. The fourth-order valence-corrected chi connectivity index (χ4v) is 3.73. The largest absolute Gasteiger partial charge is 0.330 e. The Labute approximate surface area is 93.7 Å². The fraction of sp³-hybridized carbons (Fsp3) is 0.875. The highest BCUT2D eigenvalue weighted by atomic mass is 32.2. The Morgan fingerprint density at radius 3 is 2.56 bits per heavy atom. The van der Waals surface area contributed by atoms with Crippen molar-refractivity contribution < 1.29 is 8.42 Å². The van der Waals surface area contributed by atoms with Crippen LogP contribution in [0.4, 0.5) is 0 Å². The Kier molecular flexibility index (Phi) is 2.94. The maximum absolute atomic E-state index is 11.4. The minimum Gasteiger partial charge on any atom is -0.330 e. The van der Waals surface area contributed by atoms with Crippen LogP contribution < -0.4 is 5.73 Å². The highest BCUT2D eigenvalue weighted by Crippen LogP contribution is 2.34. The minimum atomic E-state index is -2.86. The van der Waals surface area contributed by atoms with E-state index in [1.54, 1.807) is 0 Å². The molecule has 1 aliphatic rings. The number of hydrogen-bond acceptors (Lipinski definition) is 6. The molecule has 0 aromatic carbocycles. The van der Waals surface area contributed by atoms with E-state index in [2.05, 4.69) is 20.6 Å². The molecule has 1 aromatic rings. The van der Waals surface area contributed by atoms with E-state index in [-0.39, 0.29) is 16.9 Å². The SMILES string of the molecule is NCC1(Cc2nnn[nH]2)CCS(=O)(=O)CC1. The lowest BCUT2D eigenvalue weighted by molar-refractivity contribution is 0.258. The second-order valence-corrected chi connectivity index (χ2v) is 6.68. The summed E-state index contributed by atoms with van der Waals surface area (Å²) in [4.78, 5) is 0. The third-order valence-electron chi connectivity index (χ3n) is 3.25. The van der Waals surface area contributed by atoms with Gasteiger partial charge in [0.2, 0.25) is 0 Å². The molecule has 0 unspecified atom stereocenters. The molecule has 1 saturated heterocycles. The van der Waals surface area contributed by atoms with Crippen molar-refractivity contribution >= 4 is 9.84 Å². The van der Waals surface area contributed by atoms with Crippen LogP contribution in [0.3, 0.4) is 0 Å². The van der Waals surface area contributed by atoms with Gasteiger partial charge in [-0.3, -0.25) is 0 Å². The number of aromatic nitrogens is 4. The molecule has 0 bridgehead atoms. The van der Waals surface area contributed by atoms with Crippen LogP contribution in [-0.4, -0.2) is 47.1 Å². The van der Waals surface area contributed by atoms with Crippen molar-refractivity contribution in [2.75, 3.05) is 18.1 Å². The van der Waals surface area contributed by atoms with Crippen LogP contribution in [0.5, 0.6) is 0 Å². The van der Waals surface area contributed by atoms with Crippen molar-refractivity contribution in [1.82, 2.24) is 20.6 Å². The van der Waals surface area contributed by atoms with Gasteiger partial charge < -0.3 is 5.73 Å². The summed E-state index contributed by atoms with van der Waals surface area (Å²) in [6, 6.07) is 0. The van der Waals surface area contributed by atoms with Gasteiger partial charge in [0.1, 0.15) is 15.7 Å². The molecule has 8 heteroatoms. The number of aromatic amines is 1. The molecular weight excluding hydrogens is 230 g/mol. The molecule has 0 aliphatic carbocycles. The molecule has 2 rings (SSSR count). The molecule has 3 N–H and O–H groups in total. The smallest absolute Gasteiger partial charge is 0.150 e. The normalized spacial score (nSPS) is 23.1. The van der Waals surface area contributed by atoms with E-state index in [0.29, 0.717) is 31.6 Å². The molecular formula is C8H15N5O2S. The van der Waals surface area contributed by atoms with E-state index in [4.69, 9.17) is 5.73 Å². The van der Waals surface area contributed by atoms with Gasteiger partial charge in [0.05, 0.1) is 11.5 Å². The van der Waals surface area contributed by atoms with E-state index >= 15 is 0 Å². The van der Waals surface area contributed by atoms with Gasteiger partial charge in [0.15, 0.2) is 0 Å². The van der Waals surface area contributed by atoms with Crippen LogP contribution in [0, 0.1) is 5.41 Å². The van der Waals surface area contributed by atoms with Gasteiger partial charge in [-0.1, -0.05) is 0 Å². The van der Waals surface area contributed by atoms with Gasteiger partial charge in [0.25, 0.3) is 0 Å². The number of rotatable bonds is 3. The predicted molar refractivity (Wildman–Crippen MR) is 57.3 cm³/mol. The third-order valence-corrected chi connectivity index (χ3v) is 4.90.